The number of aliphatic imine (C=N–C) groups is 1. The third-order valence-corrected chi connectivity index (χ3v) is 3.62. The Morgan fingerprint density at radius 1 is 1.17 bits per heavy atom. The van der Waals surface area contributed by atoms with Gasteiger partial charge in [0, 0.05) is 11.0 Å². The van der Waals surface area contributed by atoms with Gasteiger partial charge in [0.25, 0.3) is 0 Å². The monoisotopic (exact) mass is 253 g/mol. The molecule has 0 radical (unpaired) electrons. The molecule has 2 rings (SSSR count). The van der Waals surface area contributed by atoms with Gasteiger partial charge < -0.3 is 11.5 Å². The number of rotatable bonds is 3. The molecule has 1 fully saturated rings. The molecule has 5 heteroatoms. The van der Waals surface area contributed by atoms with Crippen molar-refractivity contribution >= 4 is 5.96 Å². The zero-order valence-electron chi connectivity index (χ0n) is 10.1. The minimum absolute atomic E-state index is 0.0435. The topological polar surface area (TPSA) is 64.4 Å². The molecule has 0 aromatic heterocycles. The van der Waals surface area contributed by atoms with Gasteiger partial charge in [0.1, 0.15) is 11.6 Å². The van der Waals surface area contributed by atoms with Crippen molar-refractivity contribution in [3.63, 3.8) is 0 Å². The van der Waals surface area contributed by atoms with Gasteiger partial charge in [-0.05, 0) is 25.0 Å². The lowest BCUT2D eigenvalue weighted by Gasteiger charge is -2.28. The third kappa shape index (κ3) is 2.30. The summed E-state index contributed by atoms with van der Waals surface area (Å²) in [5.74, 6) is -1.07. The van der Waals surface area contributed by atoms with E-state index in [9.17, 15) is 8.78 Å². The van der Waals surface area contributed by atoms with Gasteiger partial charge in [-0.3, -0.25) is 4.99 Å². The number of hydrogen-bond donors (Lipinski definition) is 2. The number of hydrogen-bond acceptors (Lipinski definition) is 1. The molecule has 3 nitrogen and oxygen atoms in total. The number of benzene rings is 1. The molecule has 1 aliphatic rings. The van der Waals surface area contributed by atoms with Crippen molar-refractivity contribution in [2.75, 3.05) is 6.54 Å². The van der Waals surface area contributed by atoms with Crippen molar-refractivity contribution in [2.24, 2.45) is 16.5 Å². The highest BCUT2D eigenvalue weighted by Crippen LogP contribution is 2.43. The molecule has 1 aromatic rings. The summed E-state index contributed by atoms with van der Waals surface area (Å²) in [6.45, 7) is 0.243. The van der Waals surface area contributed by atoms with E-state index < -0.39 is 17.0 Å². The van der Waals surface area contributed by atoms with Crippen LogP contribution in [0.1, 0.15) is 31.2 Å². The van der Waals surface area contributed by atoms with Crippen LogP contribution in [0.15, 0.2) is 23.2 Å². The zero-order chi connectivity index (χ0) is 13.2. The molecule has 0 aliphatic heterocycles. The van der Waals surface area contributed by atoms with Crippen molar-refractivity contribution < 1.29 is 8.78 Å². The Morgan fingerprint density at radius 2 is 1.72 bits per heavy atom. The maximum Gasteiger partial charge on any atom is 0.185 e. The first-order chi connectivity index (χ1) is 8.55. The minimum Gasteiger partial charge on any atom is -0.370 e. The second-order valence-electron chi connectivity index (χ2n) is 4.83. The molecule has 0 saturated heterocycles. The highest BCUT2D eigenvalue weighted by molar-refractivity contribution is 5.75. The van der Waals surface area contributed by atoms with Crippen molar-refractivity contribution in [3.8, 4) is 0 Å². The zero-order valence-corrected chi connectivity index (χ0v) is 10.1. The lowest BCUT2D eigenvalue weighted by molar-refractivity contribution is 0.401. The summed E-state index contributed by atoms with van der Waals surface area (Å²) in [6, 6.07) is 3.94. The van der Waals surface area contributed by atoms with Crippen molar-refractivity contribution in [2.45, 2.75) is 31.1 Å². The van der Waals surface area contributed by atoms with E-state index in [2.05, 4.69) is 4.99 Å². The highest BCUT2D eigenvalue weighted by atomic mass is 19.1. The Balaban J connectivity index is 2.44. The largest absolute Gasteiger partial charge is 0.370 e. The minimum atomic E-state index is -0.598. The molecule has 0 unspecified atom stereocenters. The standard InChI is InChI=1S/C13H17F2N3/c14-9-4-3-5-10(15)11(9)13(6-1-2-7-13)8-18-12(16)17/h3-5H,1-2,6-8H2,(H4,16,17,18). The second kappa shape index (κ2) is 4.92. The van der Waals surface area contributed by atoms with E-state index in [0.29, 0.717) is 12.8 Å². The van der Waals surface area contributed by atoms with Crippen LogP contribution in [0.2, 0.25) is 0 Å². The van der Waals surface area contributed by atoms with Crippen LogP contribution >= 0.6 is 0 Å². The molecule has 0 spiro atoms. The maximum absolute atomic E-state index is 13.9. The summed E-state index contributed by atoms with van der Waals surface area (Å²) < 4.78 is 27.8. The van der Waals surface area contributed by atoms with Crippen LogP contribution in [0.25, 0.3) is 0 Å². The molecule has 18 heavy (non-hydrogen) atoms. The van der Waals surface area contributed by atoms with E-state index in [1.165, 1.54) is 18.2 Å². The van der Waals surface area contributed by atoms with E-state index in [4.69, 9.17) is 11.5 Å². The predicted molar refractivity (Wildman–Crippen MR) is 67.2 cm³/mol. The molecule has 1 saturated carbocycles. The average molecular weight is 253 g/mol. The molecule has 98 valence electrons. The summed E-state index contributed by atoms with van der Waals surface area (Å²) in [6.07, 6.45) is 3.30. The number of nitrogens with two attached hydrogens (primary N) is 2. The first-order valence-corrected chi connectivity index (χ1v) is 6.05. The lowest BCUT2D eigenvalue weighted by Crippen LogP contribution is -2.32. The Bertz CT molecular complexity index is 441. The van der Waals surface area contributed by atoms with Gasteiger partial charge in [0.15, 0.2) is 5.96 Å². The normalized spacial score (nSPS) is 17.7. The van der Waals surface area contributed by atoms with Crippen molar-refractivity contribution in [1.29, 1.82) is 0 Å². The number of halogens is 2. The average Bonchev–Trinajstić information content (AvgIpc) is 2.76. The summed E-state index contributed by atoms with van der Waals surface area (Å²) in [5, 5.41) is 0. The predicted octanol–water partition coefficient (Wildman–Crippen LogP) is 2.05. The maximum atomic E-state index is 13.9. The lowest BCUT2D eigenvalue weighted by atomic mass is 9.78. The van der Waals surface area contributed by atoms with E-state index in [1.54, 1.807) is 0 Å². The van der Waals surface area contributed by atoms with Gasteiger partial charge in [-0.15, -0.1) is 0 Å². The molecule has 1 aromatic carbocycles. The summed E-state index contributed by atoms with van der Waals surface area (Å²) >= 11 is 0. The molecule has 1 aliphatic carbocycles. The van der Waals surface area contributed by atoms with Crippen LogP contribution in [0.5, 0.6) is 0 Å². The van der Waals surface area contributed by atoms with Crippen LogP contribution in [0.3, 0.4) is 0 Å². The molecule has 0 amide bonds. The van der Waals surface area contributed by atoms with Gasteiger partial charge >= 0.3 is 0 Å². The summed E-state index contributed by atoms with van der Waals surface area (Å²) in [4.78, 5) is 3.98. The van der Waals surface area contributed by atoms with Crippen LogP contribution in [0, 0.1) is 11.6 Å². The molecular formula is C13H17F2N3. The van der Waals surface area contributed by atoms with Crippen LogP contribution in [-0.4, -0.2) is 12.5 Å². The van der Waals surface area contributed by atoms with Gasteiger partial charge in [0.2, 0.25) is 0 Å². The SMILES string of the molecule is NC(N)=NCC1(c2c(F)cccc2F)CCCC1. The smallest absolute Gasteiger partial charge is 0.185 e. The van der Waals surface area contributed by atoms with Crippen LogP contribution in [-0.2, 0) is 5.41 Å². The van der Waals surface area contributed by atoms with E-state index in [0.717, 1.165) is 12.8 Å². The summed E-state index contributed by atoms with van der Waals surface area (Å²) in [7, 11) is 0. The summed E-state index contributed by atoms with van der Waals surface area (Å²) in [5.41, 5.74) is 10.2. The van der Waals surface area contributed by atoms with Gasteiger partial charge in [-0.1, -0.05) is 18.9 Å². The first-order valence-electron chi connectivity index (χ1n) is 6.05. The fraction of sp³-hybridized carbons (Fsp3) is 0.462. The Labute approximate surface area is 105 Å². The molecule has 0 atom stereocenters. The van der Waals surface area contributed by atoms with E-state index in [-0.39, 0.29) is 18.1 Å². The van der Waals surface area contributed by atoms with E-state index >= 15 is 0 Å². The molecule has 4 N–H and O–H groups in total. The highest BCUT2D eigenvalue weighted by Gasteiger charge is 2.39. The van der Waals surface area contributed by atoms with Gasteiger partial charge in [0.05, 0.1) is 6.54 Å². The van der Waals surface area contributed by atoms with E-state index in [1.807, 2.05) is 0 Å². The Kier molecular flexibility index (Phi) is 3.50. The van der Waals surface area contributed by atoms with Crippen LogP contribution in [0.4, 0.5) is 8.78 Å². The molecular weight excluding hydrogens is 236 g/mol. The molecule has 0 bridgehead atoms. The van der Waals surface area contributed by atoms with Crippen molar-refractivity contribution in [3.05, 3.63) is 35.4 Å². The number of guanidine groups is 1. The van der Waals surface area contributed by atoms with Crippen molar-refractivity contribution in [1.82, 2.24) is 0 Å². The number of nitrogens with zero attached hydrogens (tertiary/aromatic N) is 1. The fourth-order valence-electron chi connectivity index (χ4n) is 2.79. The van der Waals surface area contributed by atoms with Crippen LogP contribution < -0.4 is 11.5 Å². The van der Waals surface area contributed by atoms with Gasteiger partial charge in [-0.2, -0.15) is 0 Å². The molecule has 0 heterocycles. The Hall–Kier alpha value is -1.65. The quantitative estimate of drug-likeness (QED) is 0.639. The first kappa shape index (κ1) is 12.8. The third-order valence-electron chi connectivity index (χ3n) is 3.62. The fourth-order valence-corrected chi connectivity index (χ4v) is 2.79. The second-order valence-corrected chi connectivity index (χ2v) is 4.83. The Morgan fingerprint density at radius 3 is 2.22 bits per heavy atom. The van der Waals surface area contributed by atoms with Gasteiger partial charge in [-0.25, -0.2) is 8.78 Å².